The molecule has 4 N–H and O–H groups in total. The van der Waals surface area contributed by atoms with Crippen LogP contribution in [0.25, 0.3) is 0 Å². The number of hydrogen-bond acceptors (Lipinski definition) is 8. The molecule has 31 heavy (non-hydrogen) atoms. The zero-order valence-corrected chi connectivity index (χ0v) is 17.5. The van der Waals surface area contributed by atoms with Crippen LogP contribution in [0.1, 0.15) is 16.8 Å². The molecule has 12 heteroatoms. The molecule has 1 aromatic carbocycles. The fourth-order valence-corrected chi connectivity index (χ4v) is 3.78. The molecular weight excluding hydrogens is 441 g/mol. The van der Waals surface area contributed by atoms with E-state index in [0.29, 0.717) is 10.2 Å². The van der Waals surface area contributed by atoms with Gasteiger partial charge in [0.05, 0.1) is 12.2 Å². The SMILES string of the molecule is CSc1ccc(Cc2c(OC3O[C@H](CO)[C@@H](O)[C@H](O)[C@H]3O)nn(C)c2C(F)(F)F)cc1. The van der Waals surface area contributed by atoms with Gasteiger partial charge < -0.3 is 29.9 Å². The van der Waals surface area contributed by atoms with Crippen LogP contribution in [0.5, 0.6) is 5.88 Å². The summed E-state index contributed by atoms with van der Waals surface area (Å²) in [5.41, 5.74) is -0.722. The van der Waals surface area contributed by atoms with Crippen molar-refractivity contribution in [1.29, 1.82) is 0 Å². The monoisotopic (exact) mass is 464 g/mol. The van der Waals surface area contributed by atoms with Gasteiger partial charge in [0.1, 0.15) is 30.1 Å². The second-order valence-electron chi connectivity index (χ2n) is 7.09. The number of benzene rings is 1. The number of thioether (sulfide) groups is 1. The van der Waals surface area contributed by atoms with Crippen molar-refractivity contribution in [2.75, 3.05) is 12.9 Å². The van der Waals surface area contributed by atoms with Crippen molar-refractivity contribution in [2.45, 2.75) is 48.2 Å². The molecule has 0 amide bonds. The lowest BCUT2D eigenvalue weighted by Gasteiger charge is -2.39. The molecule has 1 unspecified atom stereocenters. The first kappa shape index (κ1) is 23.8. The van der Waals surface area contributed by atoms with Gasteiger partial charge in [0.15, 0.2) is 0 Å². The number of aromatic nitrogens is 2. The Morgan fingerprint density at radius 3 is 2.32 bits per heavy atom. The van der Waals surface area contributed by atoms with Gasteiger partial charge in [0.25, 0.3) is 0 Å². The van der Waals surface area contributed by atoms with Crippen molar-refractivity contribution >= 4 is 11.8 Å². The van der Waals surface area contributed by atoms with Crippen LogP contribution in [-0.2, 0) is 24.4 Å². The molecule has 0 bridgehead atoms. The van der Waals surface area contributed by atoms with Gasteiger partial charge in [-0.2, -0.15) is 13.2 Å². The molecule has 1 aromatic heterocycles. The molecule has 1 fully saturated rings. The Hall–Kier alpha value is -1.83. The predicted octanol–water partition coefficient (Wildman–Crippen LogP) is 0.930. The van der Waals surface area contributed by atoms with E-state index in [1.54, 1.807) is 24.3 Å². The van der Waals surface area contributed by atoms with Gasteiger partial charge in [-0.15, -0.1) is 16.9 Å². The summed E-state index contributed by atoms with van der Waals surface area (Å²) in [4.78, 5) is 0.948. The zero-order valence-electron chi connectivity index (χ0n) is 16.7. The fourth-order valence-electron chi connectivity index (χ4n) is 3.37. The second-order valence-corrected chi connectivity index (χ2v) is 7.97. The third-order valence-corrected chi connectivity index (χ3v) is 5.74. The normalized spacial score (nSPS) is 26.8. The van der Waals surface area contributed by atoms with E-state index < -0.39 is 55.1 Å². The van der Waals surface area contributed by atoms with E-state index in [4.69, 9.17) is 9.47 Å². The summed E-state index contributed by atoms with van der Waals surface area (Å²) in [6, 6.07) is 6.94. The maximum atomic E-state index is 13.7. The highest BCUT2D eigenvalue weighted by molar-refractivity contribution is 7.98. The van der Waals surface area contributed by atoms with E-state index in [-0.39, 0.29) is 12.0 Å². The first-order chi connectivity index (χ1) is 14.6. The van der Waals surface area contributed by atoms with Crippen LogP contribution in [0.15, 0.2) is 29.2 Å². The van der Waals surface area contributed by atoms with Gasteiger partial charge in [-0.25, -0.2) is 0 Å². The Morgan fingerprint density at radius 2 is 1.77 bits per heavy atom. The molecule has 2 heterocycles. The molecule has 2 aromatic rings. The summed E-state index contributed by atoms with van der Waals surface area (Å²) in [6.07, 6.45) is -11.1. The van der Waals surface area contributed by atoms with Crippen molar-refractivity contribution in [3.63, 3.8) is 0 Å². The highest BCUT2D eigenvalue weighted by Crippen LogP contribution is 2.38. The van der Waals surface area contributed by atoms with Crippen molar-refractivity contribution in [3.05, 3.63) is 41.1 Å². The summed E-state index contributed by atoms with van der Waals surface area (Å²) in [5, 5.41) is 43.0. The maximum absolute atomic E-state index is 13.7. The second kappa shape index (κ2) is 9.35. The molecule has 3 rings (SSSR count). The van der Waals surface area contributed by atoms with Gasteiger partial charge in [-0.1, -0.05) is 12.1 Å². The minimum Gasteiger partial charge on any atom is -0.443 e. The summed E-state index contributed by atoms with van der Waals surface area (Å²) < 4.78 is 52.5. The number of alkyl halides is 3. The van der Waals surface area contributed by atoms with E-state index in [2.05, 4.69) is 5.10 Å². The number of rotatable bonds is 6. The Kier molecular flexibility index (Phi) is 7.18. The highest BCUT2D eigenvalue weighted by atomic mass is 32.2. The van der Waals surface area contributed by atoms with Crippen molar-refractivity contribution in [3.8, 4) is 5.88 Å². The molecule has 1 aliphatic heterocycles. The quantitative estimate of drug-likeness (QED) is 0.467. The van der Waals surface area contributed by atoms with Crippen LogP contribution in [-0.4, -0.2) is 73.8 Å². The molecule has 5 atom stereocenters. The van der Waals surface area contributed by atoms with Gasteiger partial charge >= 0.3 is 6.18 Å². The minimum atomic E-state index is -4.73. The van der Waals surface area contributed by atoms with Gasteiger partial charge in [0.2, 0.25) is 12.2 Å². The molecule has 0 spiro atoms. The number of aryl methyl sites for hydroxylation is 1. The van der Waals surface area contributed by atoms with E-state index in [0.717, 1.165) is 11.9 Å². The van der Waals surface area contributed by atoms with Crippen LogP contribution in [0.3, 0.4) is 0 Å². The lowest BCUT2D eigenvalue weighted by molar-refractivity contribution is -0.278. The van der Waals surface area contributed by atoms with Crippen LogP contribution in [0.2, 0.25) is 0 Å². The predicted molar refractivity (Wildman–Crippen MR) is 104 cm³/mol. The lowest BCUT2D eigenvalue weighted by Crippen LogP contribution is -2.60. The molecule has 0 aliphatic carbocycles. The number of aliphatic hydroxyl groups is 4. The zero-order chi connectivity index (χ0) is 22.9. The fraction of sp³-hybridized carbons (Fsp3) is 0.526. The standard InChI is InChI=1S/C19H23F3N2O6S/c1-24-16(19(20,21)22)11(7-9-3-5-10(31-2)6-4-9)17(23-24)30-18-15(28)14(27)13(26)12(8-25)29-18/h3-6,12-15,18,25-28H,7-8H2,1-2H3/t12-,13-,14+,15-,18?/m1/s1. The number of ether oxygens (including phenoxy) is 2. The van der Waals surface area contributed by atoms with Crippen molar-refractivity contribution in [1.82, 2.24) is 9.78 Å². The van der Waals surface area contributed by atoms with Crippen LogP contribution >= 0.6 is 11.8 Å². The summed E-state index contributed by atoms with van der Waals surface area (Å²) in [6.45, 7) is -0.699. The van der Waals surface area contributed by atoms with Crippen molar-refractivity contribution in [2.24, 2.45) is 7.05 Å². The summed E-state index contributed by atoms with van der Waals surface area (Å²) >= 11 is 1.49. The van der Waals surface area contributed by atoms with Gasteiger partial charge in [-0.05, 0) is 24.0 Å². The topological polar surface area (TPSA) is 117 Å². The van der Waals surface area contributed by atoms with E-state index in [1.807, 2.05) is 6.26 Å². The Balaban J connectivity index is 1.96. The number of halogens is 3. The van der Waals surface area contributed by atoms with E-state index in [9.17, 15) is 33.6 Å². The molecule has 0 saturated carbocycles. The minimum absolute atomic E-state index is 0.163. The largest absolute Gasteiger partial charge is 0.443 e. The summed E-state index contributed by atoms with van der Waals surface area (Å²) in [7, 11) is 1.11. The Labute approximate surface area is 180 Å². The molecule has 0 radical (unpaired) electrons. The number of nitrogens with zero attached hydrogens (tertiary/aromatic N) is 2. The molecule has 1 saturated heterocycles. The first-order valence-corrected chi connectivity index (χ1v) is 10.5. The average Bonchev–Trinajstić information content (AvgIpc) is 3.03. The maximum Gasteiger partial charge on any atom is 0.433 e. The lowest BCUT2D eigenvalue weighted by atomic mass is 9.99. The van der Waals surface area contributed by atoms with Crippen LogP contribution < -0.4 is 4.74 Å². The van der Waals surface area contributed by atoms with E-state index >= 15 is 0 Å². The Morgan fingerprint density at radius 1 is 1.13 bits per heavy atom. The van der Waals surface area contributed by atoms with Gasteiger partial charge in [-0.3, -0.25) is 4.68 Å². The smallest absolute Gasteiger partial charge is 0.433 e. The third kappa shape index (κ3) is 4.99. The molecule has 1 aliphatic rings. The summed E-state index contributed by atoms with van der Waals surface area (Å²) in [5.74, 6) is -0.437. The van der Waals surface area contributed by atoms with Crippen LogP contribution in [0.4, 0.5) is 13.2 Å². The number of aliphatic hydroxyl groups excluding tert-OH is 4. The molecular formula is C19H23F3N2O6S. The third-order valence-electron chi connectivity index (χ3n) is 4.99. The average molecular weight is 464 g/mol. The Bertz CT molecular complexity index is 890. The van der Waals surface area contributed by atoms with E-state index in [1.165, 1.54) is 11.8 Å². The first-order valence-electron chi connectivity index (χ1n) is 9.30. The molecule has 172 valence electrons. The van der Waals surface area contributed by atoms with Crippen LogP contribution in [0, 0.1) is 0 Å². The highest BCUT2D eigenvalue weighted by Gasteiger charge is 2.46. The molecule has 8 nitrogen and oxygen atoms in total. The van der Waals surface area contributed by atoms with Crippen molar-refractivity contribution < 1.29 is 43.1 Å². The van der Waals surface area contributed by atoms with Gasteiger partial charge in [0, 0.05) is 18.4 Å². The number of hydrogen-bond donors (Lipinski definition) is 4.